The third kappa shape index (κ3) is 2.19. The standard InChI is InChI=1S/C9H17NO3/c1-9(10,8(11)12-2)7-3-5-13-6-4-7/h7H,3-6,10H2,1-2H3. The summed E-state index contributed by atoms with van der Waals surface area (Å²) in [4.78, 5) is 11.3. The molecule has 1 rings (SSSR count). The first-order valence-electron chi connectivity index (χ1n) is 4.54. The average molecular weight is 187 g/mol. The lowest BCUT2D eigenvalue weighted by Crippen LogP contribution is -2.53. The fraction of sp³-hybridized carbons (Fsp3) is 0.889. The SMILES string of the molecule is COC(=O)C(C)(N)C1CCOCC1. The smallest absolute Gasteiger partial charge is 0.325 e. The molecule has 0 saturated carbocycles. The van der Waals surface area contributed by atoms with Gasteiger partial charge >= 0.3 is 5.97 Å². The van der Waals surface area contributed by atoms with Crippen LogP contribution in [0.25, 0.3) is 0 Å². The van der Waals surface area contributed by atoms with E-state index in [2.05, 4.69) is 4.74 Å². The molecule has 0 aromatic heterocycles. The van der Waals surface area contributed by atoms with Gasteiger partial charge in [-0.3, -0.25) is 4.79 Å². The van der Waals surface area contributed by atoms with Crippen molar-refractivity contribution in [3.05, 3.63) is 0 Å². The van der Waals surface area contributed by atoms with Crippen molar-refractivity contribution < 1.29 is 14.3 Å². The van der Waals surface area contributed by atoms with E-state index in [0.717, 1.165) is 12.8 Å². The summed E-state index contributed by atoms with van der Waals surface area (Å²) in [7, 11) is 1.37. The summed E-state index contributed by atoms with van der Waals surface area (Å²) in [5, 5.41) is 0. The molecule has 1 unspecified atom stereocenters. The number of nitrogens with two attached hydrogens (primary N) is 1. The highest BCUT2D eigenvalue weighted by Crippen LogP contribution is 2.26. The molecule has 0 radical (unpaired) electrons. The van der Waals surface area contributed by atoms with Crippen LogP contribution >= 0.6 is 0 Å². The number of hydrogen-bond acceptors (Lipinski definition) is 4. The molecule has 0 aromatic carbocycles. The Morgan fingerprint density at radius 1 is 1.54 bits per heavy atom. The van der Waals surface area contributed by atoms with E-state index in [-0.39, 0.29) is 11.9 Å². The second kappa shape index (κ2) is 4.07. The predicted molar refractivity (Wildman–Crippen MR) is 48.2 cm³/mol. The van der Waals surface area contributed by atoms with Crippen molar-refractivity contribution in [3.8, 4) is 0 Å². The normalized spacial score (nSPS) is 23.6. The molecule has 0 aromatic rings. The maximum Gasteiger partial charge on any atom is 0.325 e. The van der Waals surface area contributed by atoms with Gasteiger partial charge in [0, 0.05) is 13.2 Å². The third-order valence-electron chi connectivity index (χ3n) is 2.69. The van der Waals surface area contributed by atoms with E-state index >= 15 is 0 Å². The van der Waals surface area contributed by atoms with Crippen LogP contribution in [-0.4, -0.2) is 31.8 Å². The lowest BCUT2D eigenvalue weighted by molar-refractivity contribution is -0.150. The number of rotatable bonds is 2. The van der Waals surface area contributed by atoms with Gasteiger partial charge in [0.2, 0.25) is 0 Å². The molecule has 0 spiro atoms. The molecule has 2 N–H and O–H groups in total. The summed E-state index contributed by atoms with van der Waals surface area (Å²) >= 11 is 0. The first-order valence-corrected chi connectivity index (χ1v) is 4.54. The topological polar surface area (TPSA) is 61.5 Å². The van der Waals surface area contributed by atoms with Crippen LogP contribution in [0.4, 0.5) is 0 Å². The highest BCUT2D eigenvalue weighted by atomic mass is 16.5. The van der Waals surface area contributed by atoms with Crippen LogP contribution in [0.5, 0.6) is 0 Å². The maximum atomic E-state index is 11.3. The molecule has 1 saturated heterocycles. The minimum absolute atomic E-state index is 0.175. The Morgan fingerprint density at radius 3 is 2.54 bits per heavy atom. The van der Waals surface area contributed by atoms with Crippen molar-refractivity contribution in [2.24, 2.45) is 11.7 Å². The molecule has 1 fully saturated rings. The Kier molecular flexibility index (Phi) is 3.27. The number of hydrogen-bond donors (Lipinski definition) is 1. The van der Waals surface area contributed by atoms with E-state index in [0.29, 0.717) is 13.2 Å². The van der Waals surface area contributed by atoms with Crippen molar-refractivity contribution >= 4 is 5.97 Å². The van der Waals surface area contributed by atoms with Gasteiger partial charge in [0.15, 0.2) is 0 Å². The number of carbonyl (C=O) groups is 1. The molecular weight excluding hydrogens is 170 g/mol. The molecule has 1 atom stereocenters. The van der Waals surface area contributed by atoms with E-state index in [1.807, 2.05) is 0 Å². The molecule has 1 aliphatic rings. The molecule has 0 amide bonds. The first kappa shape index (κ1) is 10.5. The Bertz CT molecular complexity index is 185. The third-order valence-corrected chi connectivity index (χ3v) is 2.69. The minimum atomic E-state index is -0.863. The van der Waals surface area contributed by atoms with Crippen LogP contribution < -0.4 is 5.73 Å². The largest absolute Gasteiger partial charge is 0.468 e. The van der Waals surface area contributed by atoms with Gasteiger partial charge in [-0.15, -0.1) is 0 Å². The van der Waals surface area contributed by atoms with Crippen LogP contribution in [0.3, 0.4) is 0 Å². The van der Waals surface area contributed by atoms with E-state index in [1.54, 1.807) is 6.92 Å². The van der Waals surface area contributed by atoms with Crippen LogP contribution in [0.2, 0.25) is 0 Å². The monoisotopic (exact) mass is 187 g/mol. The quantitative estimate of drug-likeness (QED) is 0.632. The van der Waals surface area contributed by atoms with Gasteiger partial charge in [-0.25, -0.2) is 0 Å². The zero-order valence-corrected chi connectivity index (χ0v) is 8.21. The lowest BCUT2D eigenvalue weighted by atomic mass is 9.81. The number of ether oxygens (including phenoxy) is 2. The van der Waals surface area contributed by atoms with Gasteiger partial charge in [-0.1, -0.05) is 0 Å². The fourth-order valence-corrected chi connectivity index (χ4v) is 1.68. The zero-order valence-electron chi connectivity index (χ0n) is 8.21. The summed E-state index contributed by atoms with van der Waals surface area (Å²) in [5.41, 5.74) is 5.05. The van der Waals surface area contributed by atoms with E-state index in [4.69, 9.17) is 10.5 Å². The number of esters is 1. The molecule has 1 heterocycles. The molecule has 76 valence electrons. The molecule has 0 bridgehead atoms. The number of carbonyl (C=O) groups excluding carboxylic acids is 1. The van der Waals surface area contributed by atoms with Gasteiger partial charge in [-0.2, -0.15) is 0 Å². The van der Waals surface area contributed by atoms with E-state index < -0.39 is 5.54 Å². The molecule has 1 aliphatic heterocycles. The molecule has 13 heavy (non-hydrogen) atoms. The minimum Gasteiger partial charge on any atom is -0.468 e. The molecular formula is C9H17NO3. The van der Waals surface area contributed by atoms with Crippen LogP contribution in [0, 0.1) is 5.92 Å². The van der Waals surface area contributed by atoms with Gasteiger partial charge in [0.1, 0.15) is 5.54 Å². The van der Waals surface area contributed by atoms with Gasteiger partial charge in [0.05, 0.1) is 7.11 Å². The van der Waals surface area contributed by atoms with Crippen molar-refractivity contribution in [2.45, 2.75) is 25.3 Å². The van der Waals surface area contributed by atoms with Gasteiger partial charge < -0.3 is 15.2 Å². The van der Waals surface area contributed by atoms with Crippen LogP contribution in [0.15, 0.2) is 0 Å². The average Bonchev–Trinajstić information content (AvgIpc) is 2.18. The second-order valence-electron chi connectivity index (χ2n) is 3.66. The predicted octanol–water partition coefficient (Wildman–Crippen LogP) is 0.303. The van der Waals surface area contributed by atoms with Crippen molar-refractivity contribution in [3.63, 3.8) is 0 Å². The van der Waals surface area contributed by atoms with Crippen molar-refractivity contribution in [2.75, 3.05) is 20.3 Å². The second-order valence-corrected chi connectivity index (χ2v) is 3.66. The summed E-state index contributed by atoms with van der Waals surface area (Å²) in [5.74, 6) is -0.159. The van der Waals surface area contributed by atoms with Crippen LogP contribution in [-0.2, 0) is 14.3 Å². The van der Waals surface area contributed by atoms with Crippen LogP contribution in [0.1, 0.15) is 19.8 Å². The molecule has 0 aliphatic carbocycles. The Balaban J connectivity index is 2.60. The Labute approximate surface area is 78.4 Å². The first-order chi connectivity index (χ1) is 6.09. The fourth-order valence-electron chi connectivity index (χ4n) is 1.68. The Morgan fingerprint density at radius 2 is 2.08 bits per heavy atom. The molecule has 4 nitrogen and oxygen atoms in total. The van der Waals surface area contributed by atoms with E-state index in [9.17, 15) is 4.79 Å². The summed E-state index contributed by atoms with van der Waals surface area (Å²) in [6.45, 7) is 3.11. The van der Waals surface area contributed by atoms with E-state index in [1.165, 1.54) is 7.11 Å². The molecule has 4 heteroatoms. The highest BCUT2D eigenvalue weighted by molar-refractivity contribution is 5.80. The summed E-state index contributed by atoms with van der Waals surface area (Å²) in [6.07, 6.45) is 1.67. The van der Waals surface area contributed by atoms with Gasteiger partial charge in [0.25, 0.3) is 0 Å². The summed E-state index contributed by atoms with van der Waals surface area (Å²) in [6, 6.07) is 0. The van der Waals surface area contributed by atoms with Crippen molar-refractivity contribution in [1.29, 1.82) is 0 Å². The highest BCUT2D eigenvalue weighted by Gasteiger charge is 2.39. The zero-order chi connectivity index (χ0) is 9.90. The summed E-state index contributed by atoms with van der Waals surface area (Å²) < 4.78 is 9.86. The maximum absolute atomic E-state index is 11.3. The Hall–Kier alpha value is -0.610. The number of methoxy groups -OCH3 is 1. The lowest BCUT2D eigenvalue weighted by Gasteiger charge is -2.33. The van der Waals surface area contributed by atoms with Crippen molar-refractivity contribution in [1.82, 2.24) is 0 Å². The van der Waals surface area contributed by atoms with Gasteiger partial charge in [-0.05, 0) is 25.7 Å².